The van der Waals surface area contributed by atoms with Crippen molar-refractivity contribution < 1.29 is 4.79 Å². The predicted octanol–water partition coefficient (Wildman–Crippen LogP) is 3.38. The quantitative estimate of drug-likeness (QED) is 0.587. The summed E-state index contributed by atoms with van der Waals surface area (Å²) in [6, 6.07) is 11.6. The Kier molecular flexibility index (Phi) is 4.97. The number of carbonyl (C=O) groups excluding carboxylic acids is 1. The third kappa shape index (κ3) is 3.34. The highest BCUT2D eigenvalue weighted by atomic mass is 79.9. The number of para-hydroxylation sites is 1. The van der Waals surface area contributed by atoms with E-state index in [2.05, 4.69) is 31.2 Å². The van der Waals surface area contributed by atoms with E-state index in [-0.39, 0.29) is 5.91 Å². The number of halogens is 1. The summed E-state index contributed by atoms with van der Waals surface area (Å²) in [6.45, 7) is 3.18. The molecular formula is C18H19BrN4O. The van der Waals surface area contributed by atoms with Crippen molar-refractivity contribution in [1.29, 1.82) is 0 Å². The summed E-state index contributed by atoms with van der Waals surface area (Å²) >= 11 is 3.55. The maximum atomic E-state index is 12.1. The highest BCUT2D eigenvalue weighted by Crippen LogP contribution is 2.29. The van der Waals surface area contributed by atoms with Crippen molar-refractivity contribution in [2.24, 2.45) is 5.73 Å². The Bertz CT molecular complexity index is 888. The van der Waals surface area contributed by atoms with Gasteiger partial charge in [-0.25, -0.2) is 4.98 Å². The molecule has 0 bridgehead atoms. The Balaban J connectivity index is 1.89. The van der Waals surface area contributed by atoms with Crippen LogP contribution in [0.25, 0.3) is 22.4 Å². The van der Waals surface area contributed by atoms with Crippen LogP contribution < -0.4 is 11.1 Å². The minimum absolute atomic E-state index is 0.101. The number of nitrogens with one attached hydrogen (secondary N) is 2. The Morgan fingerprint density at radius 3 is 2.88 bits per heavy atom. The second-order valence-corrected chi connectivity index (χ2v) is 6.50. The first-order valence-corrected chi connectivity index (χ1v) is 8.63. The van der Waals surface area contributed by atoms with Gasteiger partial charge in [0.2, 0.25) is 0 Å². The molecule has 0 saturated carbocycles. The van der Waals surface area contributed by atoms with Gasteiger partial charge in [-0.2, -0.15) is 0 Å². The Labute approximate surface area is 148 Å². The Morgan fingerprint density at radius 1 is 1.33 bits per heavy atom. The van der Waals surface area contributed by atoms with Crippen molar-refractivity contribution in [1.82, 2.24) is 15.3 Å². The SMILES string of the molecule is Cc1cccc2[nH]c(-c3ccc(C(=O)NCCCN)cc3Br)nc12. The Hall–Kier alpha value is -2.18. The van der Waals surface area contributed by atoms with Crippen LogP contribution in [0.3, 0.4) is 0 Å². The monoisotopic (exact) mass is 386 g/mol. The Morgan fingerprint density at radius 2 is 2.17 bits per heavy atom. The molecule has 1 heterocycles. The van der Waals surface area contributed by atoms with Crippen molar-refractivity contribution in [3.05, 3.63) is 52.0 Å². The van der Waals surface area contributed by atoms with Crippen molar-refractivity contribution in [3.63, 3.8) is 0 Å². The molecule has 2 aromatic carbocycles. The van der Waals surface area contributed by atoms with Gasteiger partial charge < -0.3 is 16.0 Å². The van der Waals surface area contributed by atoms with Gasteiger partial charge in [-0.3, -0.25) is 4.79 Å². The number of rotatable bonds is 5. The van der Waals surface area contributed by atoms with Gasteiger partial charge in [-0.1, -0.05) is 28.1 Å². The van der Waals surface area contributed by atoms with E-state index in [0.717, 1.165) is 38.9 Å². The number of imidazole rings is 1. The van der Waals surface area contributed by atoms with E-state index in [9.17, 15) is 4.79 Å². The number of aromatic nitrogens is 2. The zero-order chi connectivity index (χ0) is 17.1. The number of benzene rings is 2. The molecule has 0 aliphatic rings. The van der Waals surface area contributed by atoms with Crippen LogP contribution in [-0.2, 0) is 0 Å². The molecule has 0 atom stereocenters. The van der Waals surface area contributed by atoms with Crippen molar-refractivity contribution >= 4 is 32.9 Å². The largest absolute Gasteiger partial charge is 0.352 e. The van der Waals surface area contributed by atoms with Crippen LogP contribution in [0, 0.1) is 6.92 Å². The molecule has 0 fully saturated rings. The van der Waals surface area contributed by atoms with Gasteiger partial charge in [-0.05, 0) is 49.7 Å². The van der Waals surface area contributed by atoms with Crippen LogP contribution >= 0.6 is 15.9 Å². The van der Waals surface area contributed by atoms with Gasteiger partial charge in [-0.15, -0.1) is 0 Å². The van der Waals surface area contributed by atoms with Crippen LogP contribution in [0.2, 0.25) is 0 Å². The van der Waals surface area contributed by atoms with E-state index in [0.29, 0.717) is 18.7 Å². The fourth-order valence-electron chi connectivity index (χ4n) is 2.56. The molecule has 0 saturated heterocycles. The summed E-state index contributed by atoms with van der Waals surface area (Å²) in [4.78, 5) is 20.1. The van der Waals surface area contributed by atoms with Crippen molar-refractivity contribution in [3.8, 4) is 11.4 Å². The smallest absolute Gasteiger partial charge is 0.251 e. The van der Waals surface area contributed by atoms with Gasteiger partial charge in [0.25, 0.3) is 5.91 Å². The number of nitrogens with zero attached hydrogens (tertiary/aromatic N) is 1. The van der Waals surface area contributed by atoms with Crippen LogP contribution in [0.5, 0.6) is 0 Å². The van der Waals surface area contributed by atoms with E-state index in [4.69, 9.17) is 5.73 Å². The number of carbonyl (C=O) groups is 1. The number of hydrogen-bond donors (Lipinski definition) is 3. The van der Waals surface area contributed by atoms with Gasteiger partial charge >= 0.3 is 0 Å². The standard InChI is InChI=1S/C18H19BrN4O/c1-11-4-2-5-15-16(11)23-17(22-15)13-7-6-12(10-14(13)19)18(24)21-9-3-8-20/h2,4-7,10H,3,8-9,20H2,1H3,(H,21,24)(H,22,23). The van der Waals surface area contributed by atoms with Gasteiger partial charge in [0.05, 0.1) is 11.0 Å². The van der Waals surface area contributed by atoms with Gasteiger partial charge in [0.1, 0.15) is 5.82 Å². The normalized spacial score (nSPS) is 11.0. The minimum atomic E-state index is -0.101. The molecule has 0 radical (unpaired) electrons. The average molecular weight is 387 g/mol. The lowest BCUT2D eigenvalue weighted by atomic mass is 10.1. The molecule has 0 aliphatic heterocycles. The third-order valence-corrected chi connectivity index (χ3v) is 4.52. The lowest BCUT2D eigenvalue weighted by Crippen LogP contribution is -2.25. The number of H-pyrrole nitrogens is 1. The van der Waals surface area contributed by atoms with Crippen LogP contribution in [0.1, 0.15) is 22.3 Å². The molecule has 1 amide bonds. The van der Waals surface area contributed by atoms with Crippen LogP contribution in [0.15, 0.2) is 40.9 Å². The summed E-state index contributed by atoms with van der Waals surface area (Å²) in [5.41, 5.74) is 10.1. The number of hydrogen-bond acceptors (Lipinski definition) is 3. The topological polar surface area (TPSA) is 83.8 Å². The van der Waals surface area contributed by atoms with E-state index >= 15 is 0 Å². The maximum Gasteiger partial charge on any atom is 0.251 e. The van der Waals surface area contributed by atoms with Crippen LogP contribution in [0.4, 0.5) is 0 Å². The second kappa shape index (κ2) is 7.15. The molecule has 24 heavy (non-hydrogen) atoms. The van der Waals surface area contributed by atoms with E-state index < -0.39 is 0 Å². The number of amides is 1. The van der Waals surface area contributed by atoms with Gasteiger partial charge in [0, 0.05) is 22.1 Å². The highest BCUT2D eigenvalue weighted by molar-refractivity contribution is 9.10. The molecule has 4 N–H and O–H groups in total. The lowest BCUT2D eigenvalue weighted by molar-refractivity contribution is 0.0953. The second-order valence-electron chi connectivity index (χ2n) is 5.65. The lowest BCUT2D eigenvalue weighted by Gasteiger charge is -2.07. The fraction of sp³-hybridized carbons (Fsp3) is 0.222. The summed E-state index contributed by atoms with van der Waals surface area (Å²) in [5.74, 6) is 0.678. The van der Waals surface area contributed by atoms with Crippen molar-refractivity contribution in [2.75, 3.05) is 13.1 Å². The molecule has 6 heteroatoms. The fourth-order valence-corrected chi connectivity index (χ4v) is 3.12. The first kappa shape index (κ1) is 16.7. The number of nitrogens with two attached hydrogens (primary N) is 1. The molecule has 5 nitrogen and oxygen atoms in total. The molecule has 1 aromatic heterocycles. The maximum absolute atomic E-state index is 12.1. The molecular weight excluding hydrogens is 368 g/mol. The number of aryl methyl sites for hydroxylation is 1. The zero-order valence-electron chi connectivity index (χ0n) is 13.4. The molecule has 0 aliphatic carbocycles. The molecule has 3 rings (SSSR count). The molecule has 124 valence electrons. The third-order valence-electron chi connectivity index (χ3n) is 3.87. The summed E-state index contributed by atoms with van der Waals surface area (Å²) in [5, 5.41) is 2.85. The van der Waals surface area contributed by atoms with E-state index in [1.54, 1.807) is 6.07 Å². The summed E-state index contributed by atoms with van der Waals surface area (Å²) < 4.78 is 0.825. The molecule has 0 spiro atoms. The summed E-state index contributed by atoms with van der Waals surface area (Å²) in [7, 11) is 0. The molecule has 3 aromatic rings. The minimum Gasteiger partial charge on any atom is -0.352 e. The number of aromatic amines is 1. The van der Waals surface area contributed by atoms with Crippen molar-refractivity contribution in [2.45, 2.75) is 13.3 Å². The average Bonchev–Trinajstić information content (AvgIpc) is 3.00. The van der Waals surface area contributed by atoms with E-state index in [1.165, 1.54) is 0 Å². The summed E-state index contributed by atoms with van der Waals surface area (Å²) in [6.07, 6.45) is 0.767. The zero-order valence-corrected chi connectivity index (χ0v) is 15.0. The first-order valence-electron chi connectivity index (χ1n) is 7.83. The highest BCUT2D eigenvalue weighted by Gasteiger charge is 2.13. The van der Waals surface area contributed by atoms with Crippen LogP contribution in [-0.4, -0.2) is 29.0 Å². The first-order chi connectivity index (χ1) is 11.6. The van der Waals surface area contributed by atoms with Gasteiger partial charge in [0.15, 0.2) is 0 Å². The van der Waals surface area contributed by atoms with E-state index in [1.807, 2.05) is 37.3 Å². The number of fused-ring (bicyclic) bond motifs is 1. The predicted molar refractivity (Wildman–Crippen MR) is 100.0 cm³/mol. The molecule has 0 unspecified atom stereocenters.